The summed E-state index contributed by atoms with van der Waals surface area (Å²) in [5, 5.41) is 19.1. The highest BCUT2D eigenvalue weighted by Crippen LogP contribution is 2.44. The second-order valence-electron chi connectivity index (χ2n) is 9.29. The van der Waals surface area contributed by atoms with E-state index < -0.39 is 11.8 Å². The number of hydrogen-bond acceptors (Lipinski definition) is 5. The van der Waals surface area contributed by atoms with E-state index in [1.807, 2.05) is 12.1 Å². The normalized spacial score (nSPS) is 20.7. The third-order valence-corrected chi connectivity index (χ3v) is 7.38. The number of aromatic amines is 1. The molecule has 180 valence electrons. The topological polar surface area (TPSA) is 97.3 Å². The summed E-state index contributed by atoms with van der Waals surface area (Å²) in [4.78, 5) is 16.3. The summed E-state index contributed by atoms with van der Waals surface area (Å²) < 4.78 is 26.0. The lowest BCUT2D eigenvalue weighted by atomic mass is 9.82. The number of nitrogens with one attached hydrogen (secondary N) is 1. The van der Waals surface area contributed by atoms with Gasteiger partial charge in [-0.25, -0.2) is 9.37 Å². The number of H-pyrrole nitrogens is 1. The molecule has 7 nitrogen and oxygen atoms in total. The molecular formula is C26H23ClFN3O4. The van der Waals surface area contributed by atoms with E-state index >= 15 is 0 Å². The monoisotopic (exact) mass is 495 g/mol. The summed E-state index contributed by atoms with van der Waals surface area (Å²) in [6.07, 6.45) is 4.06. The molecule has 0 bridgehead atoms. The molecule has 1 aliphatic heterocycles. The van der Waals surface area contributed by atoms with Crippen LogP contribution in [0.4, 0.5) is 4.39 Å². The Hall–Kier alpha value is -3.23. The number of nitrogens with zero attached hydrogens (tertiary/aromatic N) is 2. The molecule has 0 radical (unpaired) electrons. The molecule has 0 spiro atoms. The molecule has 1 aliphatic carbocycles. The number of carbonyl (C=O) groups is 1. The molecule has 1 saturated carbocycles. The molecule has 2 aromatic heterocycles. The van der Waals surface area contributed by atoms with Crippen molar-refractivity contribution in [2.24, 2.45) is 5.92 Å². The van der Waals surface area contributed by atoms with Crippen LogP contribution in [0.3, 0.4) is 0 Å². The number of aliphatic carboxylic acids is 1. The van der Waals surface area contributed by atoms with Crippen LogP contribution in [-0.4, -0.2) is 45.6 Å². The van der Waals surface area contributed by atoms with Crippen LogP contribution < -0.4 is 4.74 Å². The molecule has 2 N–H and O–H groups in total. The highest BCUT2D eigenvalue weighted by molar-refractivity contribution is 6.31. The van der Waals surface area contributed by atoms with Gasteiger partial charge in [-0.15, -0.1) is 0 Å². The van der Waals surface area contributed by atoms with Crippen molar-refractivity contribution in [2.75, 3.05) is 13.2 Å². The quantitative estimate of drug-likeness (QED) is 0.368. The van der Waals surface area contributed by atoms with E-state index in [0.29, 0.717) is 31.9 Å². The summed E-state index contributed by atoms with van der Waals surface area (Å²) in [5.74, 6) is -1.06. The summed E-state index contributed by atoms with van der Waals surface area (Å²) in [5.41, 5.74) is 3.36. The Bertz CT molecular complexity index is 1440. The van der Waals surface area contributed by atoms with Gasteiger partial charge in [0, 0.05) is 35.5 Å². The lowest BCUT2D eigenvalue weighted by Crippen LogP contribution is -2.38. The fourth-order valence-electron chi connectivity index (χ4n) is 5.07. The number of carboxylic acid groups (broad SMARTS) is 1. The Morgan fingerprint density at radius 2 is 1.97 bits per heavy atom. The van der Waals surface area contributed by atoms with Gasteiger partial charge >= 0.3 is 5.97 Å². The number of ether oxygens (including phenoxy) is 2. The van der Waals surface area contributed by atoms with Gasteiger partial charge in [0.05, 0.1) is 28.3 Å². The van der Waals surface area contributed by atoms with Crippen LogP contribution in [-0.2, 0) is 9.53 Å². The summed E-state index contributed by atoms with van der Waals surface area (Å²) in [7, 11) is 0. The highest BCUT2D eigenvalue weighted by atomic mass is 35.5. The molecule has 4 aromatic rings. The Morgan fingerprint density at radius 1 is 1.17 bits per heavy atom. The molecule has 2 fully saturated rings. The third-order valence-electron chi connectivity index (χ3n) is 7.09. The zero-order valence-corrected chi connectivity index (χ0v) is 19.5. The fourth-order valence-corrected chi connectivity index (χ4v) is 5.25. The summed E-state index contributed by atoms with van der Waals surface area (Å²) in [6.45, 7) is 1.27. The first-order valence-corrected chi connectivity index (χ1v) is 12.1. The number of fused-ring (bicyclic) bond motifs is 2. The molecule has 0 amide bonds. The Balaban J connectivity index is 1.57. The van der Waals surface area contributed by atoms with Crippen LogP contribution in [0.25, 0.3) is 32.8 Å². The fraction of sp³-hybridized carbons (Fsp3) is 0.346. The molecule has 0 unspecified atom stereocenters. The van der Waals surface area contributed by atoms with Crippen LogP contribution in [0.1, 0.15) is 37.3 Å². The number of carboxylic acids is 1. The first-order valence-electron chi connectivity index (χ1n) is 11.7. The average Bonchev–Trinajstić information content (AvgIpc) is 3.29. The molecule has 9 heteroatoms. The van der Waals surface area contributed by atoms with E-state index in [-0.39, 0.29) is 23.0 Å². The van der Waals surface area contributed by atoms with Gasteiger partial charge in [-0.1, -0.05) is 17.7 Å². The number of benzene rings is 2. The molecule has 0 atom stereocenters. The number of pyridine rings is 1. The van der Waals surface area contributed by atoms with Crippen molar-refractivity contribution in [3.05, 3.63) is 53.1 Å². The third kappa shape index (κ3) is 4.00. The maximum absolute atomic E-state index is 14.1. The predicted molar refractivity (Wildman–Crippen MR) is 129 cm³/mol. The summed E-state index contributed by atoms with van der Waals surface area (Å²) >= 11 is 6.19. The zero-order valence-electron chi connectivity index (χ0n) is 18.8. The number of halogens is 2. The second-order valence-corrected chi connectivity index (χ2v) is 9.70. The molecule has 2 aliphatic rings. The van der Waals surface area contributed by atoms with E-state index in [0.717, 1.165) is 51.3 Å². The van der Waals surface area contributed by atoms with E-state index in [1.54, 1.807) is 18.3 Å². The first-order chi connectivity index (χ1) is 17.0. The number of rotatable bonds is 5. The van der Waals surface area contributed by atoms with Crippen molar-refractivity contribution >= 4 is 39.2 Å². The maximum Gasteiger partial charge on any atom is 0.306 e. The zero-order chi connectivity index (χ0) is 24.1. The second kappa shape index (κ2) is 8.77. The van der Waals surface area contributed by atoms with Crippen LogP contribution >= 0.6 is 11.6 Å². The van der Waals surface area contributed by atoms with E-state index in [9.17, 15) is 14.3 Å². The highest BCUT2D eigenvalue weighted by Gasteiger charge is 2.37. The Morgan fingerprint density at radius 3 is 2.71 bits per heavy atom. The average molecular weight is 496 g/mol. The molecule has 35 heavy (non-hydrogen) atoms. The lowest BCUT2D eigenvalue weighted by molar-refractivity contribution is -0.148. The van der Waals surface area contributed by atoms with Crippen molar-refractivity contribution in [3.8, 4) is 17.0 Å². The smallest absolute Gasteiger partial charge is 0.306 e. The number of hydrogen-bond donors (Lipinski definition) is 2. The van der Waals surface area contributed by atoms with Crippen LogP contribution in [0.5, 0.6) is 5.88 Å². The molecule has 3 heterocycles. The Labute approximate surface area is 205 Å². The van der Waals surface area contributed by atoms with Crippen LogP contribution in [0.2, 0.25) is 5.02 Å². The number of aromatic nitrogens is 3. The minimum Gasteiger partial charge on any atom is -0.481 e. The molecule has 6 rings (SSSR count). The van der Waals surface area contributed by atoms with Gasteiger partial charge in [0.1, 0.15) is 11.9 Å². The van der Waals surface area contributed by atoms with Gasteiger partial charge in [-0.3, -0.25) is 9.89 Å². The molecule has 2 aromatic carbocycles. The van der Waals surface area contributed by atoms with Gasteiger partial charge in [0.2, 0.25) is 5.88 Å². The van der Waals surface area contributed by atoms with E-state index in [4.69, 9.17) is 26.1 Å². The van der Waals surface area contributed by atoms with Gasteiger partial charge in [-0.2, -0.15) is 5.10 Å². The van der Waals surface area contributed by atoms with Gasteiger partial charge in [0.15, 0.2) is 0 Å². The van der Waals surface area contributed by atoms with Crippen LogP contribution in [0.15, 0.2) is 36.5 Å². The van der Waals surface area contributed by atoms with Gasteiger partial charge in [0.25, 0.3) is 0 Å². The molecule has 1 saturated heterocycles. The molecular weight excluding hydrogens is 473 g/mol. The standard InChI is InChI=1S/C26H23ClFN3O4/c27-20-10-14(1-2-21(20)28)23-18-9-16-12-29-31-22(16)11-19(18)25(35-17-7-15(8-17)26(32)33)30-24(23)13-3-5-34-6-4-13/h1-2,9-13,15,17H,3-8H2,(H,29,31)(H,32,33)/t15-,17-. The van der Waals surface area contributed by atoms with Gasteiger partial charge in [-0.05, 0) is 60.9 Å². The first kappa shape index (κ1) is 22.2. The van der Waals surface area contributed by atoms with Crippen molar-refractivity contribution in [1.82, 2.24) is 15.2 Å². The largest absolute Gasteiger partial charge is 0.481 e. The predicted octanol–water partition coefficient (Wildman–Crippen LogP) is 5.71. The van der Waals surface area contributed by atoms with Crippen molar-refractivity contribution in [2.45, 2.75) is 37.7 Å². The van der Waals surface area contributed by atoms with Crippen molar-refractivity contribution in [3.63, 3.8) is 0 Å². The summed E-state index contributed by atoms with van der Waals surface area (Å²) in [6, 6.07) is 8.73. The SMILES string of the molecule is O=C(O)[C@H]1C[C@H](Oc2nc(C3CCOCC3)c(-c3ccc(F)c(Cl)c3)c3cc4cn[nH]c4cc23)C1. The lowest BCUT2D eigenvalue weighted by Gasteiger charge is -2.33. The van der Waals surface area contributed by atoms with Gasteiger partial charge < -0.3 is 14.6 Å². The van der Waals surface area contributed by atoms with E-state index in [2.05, 4.69) is 10.2 Å². The van der Waals surface area contributed by atoms with Crippen molar-refractivity contribution < 1.29 is 23.8 Å². The van der Waals surface area contributed by atoms with Crippen molar-refractivity contribution in [1.29, 1.82) is 0 Å². The maximum atomic E-state index is 14.1. The van der Waals surface area contributed by atoms with E-state index in [1.165, 1.54) is 6.07 Å². The van der Waals surface area contributed by atoms with Crippen LogP contribution in [0, 0.1) is 11.7 Å². The minimum atomic E-state index is -0.798. The minimum absolute atomic E-state index is 0.0486. The Kier molecular flexibility index (Phi) is 5.57.